The van der Waals surface area contributed by atoms with Crippen molar-refractivity contribution in [2.75, 3.05) is 11.3 Å². The lowest BCUT2D eigenvalue weighted by Crippen LogP contribution is -2.15. The molecule has 0 saturated heterocycles. The molecule has 1 aromatic heterocycles. The number of hydrogen-bond donors (Lipinski definition) is 1. The number of rotatable bonds is 5. The van der Waals surface area contributed by atoms with Crippen molar-refractivity contribution in [3.63, 3.8) is 0 Å². The smallest absolute Gasteiger partial charge is 0.360 e. The van der Waals surface area contributed by atoms with E-state index in [1.807, 2.05) is 20.8 Å². The number of hydrogen-bond acceptors (Lipinski definition) is 6. The van der Waals surface area contributed by atoms with Crippen LogP contribution in [0.2, 0.25) is 0 Å². The largest absolute Gasteiger partial charge is 0.461 e. The van der Waals surface area contributed by atoms with Gasteiger partial charge in [-0.1, -0.05) is 38.1 Å². The summed E-state index contributed by atoms with van der Waals surface area (Å²) in [5.74, 6) is -0.772. The lowest BCUT2D eigenvalue weighted by molar-refractivity contribution is 0.0514. The van der Waals surface area contributed by atoms with Crippen molar-refractivity contribution < 1.29 is 22.5 Å². The fourth-order valence-corrected chi connectivity index (χ4v) is 3.18. The van der Waals surface area contributed by atoms with E-state index in [9.17, 15) is 13.2 Å². The SMILES string of the molecule is CCOC(=O)c1noc(NS(=O)(=O)c2ccc(C(C)(C)C)cc2)c1C. The highest BCUT2D eigenvalue weighted by atomic mass is 32.2. The van der Waals surface area contributed by atoms with Crippen LogP contribution in [-0.2, 0) is 20.2 Å². The van der Waals surface area contributed by atoms with E-state index < -0.39 is 16.0 Å². The zero-order chi connectivity index (χ0) is 18.8. The van der Waals surface area contributed by atoms with Gasteiger partial charge in [-0.2, -0.15) is 0 Å². The van der Waals surface area contributed by atoms with Crippen LogP contribution in [0.25, 0.3) is 0 Å². The molecule has 0 atom stereocenters. The van der Waals surface area contributed by atoms with Gasteiger partial charge < -0.3 is 9.26 Å². The average molecular weight is 366 g/mol. The predicted octanol–water partition coefficient (Wildman–Crippen LogP) is 3.26. The Morgan fingerprint density at radius 1 is 1.24 bits per heavy atom. The van der Waals surface area contributed by atoms with E-state index >= 15 is 0 Å². The molecule has 0 bridgehead atoms. The number of aromatic nitrogens is 1. The van der Waals surface area contributed by atoms with Gasteiger partial charge in [0.15, 0.2) is 5.69 Å². The molecule has 0 spiro atoms. The van der Waals surface area contributed by atoms with Gasteiger partial charge in [0.2, 0.25) is 5.88 Å². The van der Waals surface area contributed by atoms with Gasteiger partial charge in [-0.15, -0.1) is 0 Å². The number of benzene rings is 1. The van der Waals surface area contributed by atoms with Crippen molar-refractivity contribution in [2.45, 2.75) is 44.9 Å². The van der Waals surface area contributed by atoms with E-state index in [0.717, 1.165) is 5.56 Å². The lowest BCUT2D eigenvalue weighted by atomic mass is 9.87. The lowest BCUT2D eigenvalue weighted by Gasteiger charge is -2.19. The number of carbonyl (C=O) groups excluding carboxylic acids is 1. The van der Waals surface area contributed by atoms with Crippen molar-refractivity contribution in [2.24, 2.45) is 0 Å². The minimum Gasteiger partial charge on any atom is -0.461 e. The Hall–Kier alpha value is -2.35. The molecule has 0 aliphatic carbocycles. The van der Waals surface area contributed by atoms with Gasteiger partial charge in [0, 0.05) is 5.56 Å². The molecule has 25 heavy (non-hydrogen) atoms. The van der Waals surface area contributed by atoms with Crippen molar-refractivity contribution in [3.05, 3.63) is 41.1 Å². The van der Waals surface area contributed by atoms with Gasteiger partial charge in [-0.3, -0.25) is 0 Å². The predicted molar refractivity (Wildman–Crippen MR) is 93.1 cm³/mol. The number of carbonyl (C=O) groups is 1. The van der Waals surface area contributed by atoms with Gasteiger partial charge in [0.05, 0.1) is 11.5 Å². The van der Waals surface area contributed by atoms with Crippen LogP contribution in [0.5, 0.6) is 0 Å². The highest BCUT2D eigenvalue weighted by Gasteiger charge is 2.24. The summed E-state index contributed by atoms with van der Waals surface area (Å²) >= 11 is 0. The Balaban J connectivity index is 2.26. The minimum atomic E-state index is -3.86. The molecule has 1 N–H and O–H groups in total. The van der Waals surface area contributed by atoms with Crippen LogP contribution < -0.4 is 4.72 Å². The maximum absolute atomic E-state index is 12.5. The second-order valence-corrected chi connectivity index (χ2v) is 8.27. The van der Waals surface area contributed by atoms with Crippen molar-refractivity contribution in [3.8, 4) is 0 Å². The highest BCUT2D eigenvalue weighted by Crippen LogP contribution is 2.26. The van der Waals surface area contributed by atoms with E-state index in [1.54, 1.807) is 19.1 Å². The average Bonchev–Trinajstić information content (AvgIpc) is 2.87. The van der Waals surface area contributed by atoms with E-state index in [1.165, 1.54) is 19.1 Å². The molecule has 8 heteroatoms. The molecule has 2 rings (SSSR count). The first kappa shape index (κ1) is 19.0. The molecule has 0 amide bonds. The number of nitrogens with one attached hydrogen (secondary N) is 1. The number of sulfonamides is 1. The molecule has 2 aromatic rings. The van der Waals surface area contributed by atoms with Crippen molar-refractivity contribution in [1.29, 1.82) is 0 Å². The molecule has 0 unspecified atom stereocenters. The minimum absolute atomic E-state index is 0.0531. The summed E-state index contributed by atoms with van der Waals surface area (Å²) in [7, 11) is -3.86. The fourth-order valence-electron chi connectivity index (χ4n) is 2.14. The Morgan fingerprint density at radius 2 is 1.84 bits per heavy atom. The monoisotopic (exact) mass is 366 g/mol. The molecule has 0 radical (unpaired) electrons. The Bertz CT molecular complexity index is 861. The van der Waals surface area contributed by atoms with E-state index in [4.69, 9.17) is 9.26 Å². The molecule has 1 heterocycles. The van der Waals surface area contributed by atoms with Gasteiger partial charge in [-0.05, 0) is 37.0 Å². The molecule has 1 aromatic carbocycles. The maximum Gasteiger partial charge on any atom is 0.360 e. The maximum atomic E-state index is 12.5. The number of esters is 1. The standard InChI is InChI=1S/C17H22N2O5S/c1-6-23-16(20)14-11(2)15(24-18-14)19-25(21,22)13-9-7-12(8-10-13)17(3,4)5/h7-10,19H,6H2,1-5H3. The first-order valence-electron chi connectivity index (χ1n) is 7.83. The summed E-state index contributed by atoms with van der Waals surface area (Å²) in [6.45, 7) is 9.52. The second kappa shape index (κ2) is 6.87. The fraction of sp³-hybridized carbons (Fsp3) is 0.412. The summed E-state index contributed by atoms with van der Waals surface area (Å²) in [5, 5.41) is 3.58. The number of anilines is 1. The first-order valence-corrected chi connectivity index (χ1v) is 9.31. The van der Waals surface area contributed by atoms with Crippen LogP contribution >= 0.6 is 0 Å². The zero-order valence-electron chi connectivity index (χ0n) is 14.9. The highest BCUT2D eigenvalue weighted by molar-refractivity contribution is 7.92. The summed E-state index contributed by atoms with van der Waals surface area (Å²) in [6, 6.07) is 6.60. The third-order valence-electron chi connectivity index (χ3n) is 3.65. The molecule has 0 fully saturated rings. The Morgan fingerprint density at radius 3 is 2.36 bits per heavy atom. The van der Waals surface area contributed by atoms with Crippen molar-refractivity contribution >= 4 is 21.9 Å². The first-order chi connectivity index (χ1) is 11.6. The second-order valence-electron chi connectivity index (χ2n) is 6.59. The van der Waals surface area contributed by atoms with Gasteiger partial charge >= 0.3 is 5.97 Å². The quantitative estimate of drug-likeness (QED) is 0.816. The van der Waals surface area contributed by atoms with Gasteiger partial charge in [0.1, 0.15) is 0 Å². The van der Waals surface area contributed by atoms with E-state index in [2.05, 4.69) is 9.88 Å². The van der Waals surface area contributed by atoms with Crippen LogP contribution in [0.15, 0.2) is 33.7 Å². The van der Waals surface area contributed by atoms with Crippen molar-refractivity contribution in [1.82, 2.24) is 5.16 Å². The summed E-state index contributed by atoms with van der Waals surface area (Å²) in [5.41, 5.74) is 1.16. The third kappa shape index (κ3) is 4.19. The topological polar surface area (TPSA) is 98.5 Å². The third-order valence-corrected chi connectivity index (χ3v) is 5.00. The number of ether oxygens (including phenoxy) is 1. The molecule has 7 nitrogen and oxygen atoms in total. The normalized spacial score (nSPS) is 12.0. The Kier molecular flexibility index (Phi) is 5.22. The van der Waals surface area contributed by atoms with Crippen LogP contribution in [0.4, 0.5) is 5.88 Å². The molecule has 0 aliphatic rings. The van der Waals surface area contributed by atoms with Gasteiger partial charge in [0.25, 0.3) is 10.0 Å². The Labute approximate surface area is 147 Å². The summed E-state index contributed by atoms with van der Waals surface area (Å²) in [6.07, 6.45) is 0. The molecule has 136 valence electrons. The molecular weight excluding hydrogens is 344 g/mol. The zero-order valence-corrected chi connectivity index (χ0v) is 15.7. The van der Waals surface area contributed by atoms with Crippen LogP contribution in [0.1, 0.15) is 49.3 Å². The summed E-state index contributed by atoms with van der Waals surface area (Å²) in [4.78, 5) is 11.8. The number of nitrogens with zero attached hydrogens (tertiary/aromatic N) is 1. The van der Waals surface area contributed by atoms with Gasteiger partial charge in [-0.25, -0.2) is 17.9 Å². The molecule has 0 aliphatic heterocycles. The van der Waals surface area contributed by atoms with Crippen LogP contribution in [0, 0.1) is 6.92 Å². The molecule has 0 saturated carbocycles. The van der Waals surface area contributed by atoms with E-state index in [0.29, 0.717) is 0 Å². The van der Waals surface area contributed by atoms with Crippen LogP contribution in [-0.4, -0.2) is 26.2 Å². The van der Waals surface area contributed by atoms with Crippen LogP contribution in [0.3, 0.4) is 0 Å². The summed E-state index contributed by atoms with van der Waals surface area (Å²) < 4.78 is 37.1. The van der Waals surface area contributed by atoms with E-state index in [-0.39, 0.29) is 34.1 Å². The molecular formula is C17H22N2O5S.